The molecule has 176 valence electrons. The number of hydrogen-bond donors (Lipinski definition) is 1. The molecule has 1 aliphatic heterocycles. The number of H-pyrrole nitrogens is 1. The first-order valence-corrected chi connectivity index (χ1v) is 11.5. The minimum Gasteiger partial charge on any atom is -0.457 e. The van der Waals surface area contributed by atoms with E-state index in [1.54, 1.807) is 15.7 Å². The molecule has 0 saturated carbocycles. The van der Waals surface area contributed by atoms with Crippen LogP contribution in [0.25, 0.3) is 28.2 Å². The Kier molecular flexibility index (Phi) is 6.01. The number of ether oxygens (including phenoxy) is 1. The largest absolute Gasteiger partial charge is 0.457 e. The van der Waals surface area contributed by atoms with Crippen LogP contribution < -0.4 is 10.3 Å². The zero-order valence-electron chi connectivity index (χ0n) is 19.2. The van der Waals surface area contributed by atoms with E-state index < -0.39 is 0 Å². The summed E-state index contributed by atoms with van der Waals surface area (Å²) in [6.45, 7) is 8.54. The highest BCUT2D eigenvalue weighted by Crippen LogP contribution is 2.32. The van der Waals surface area contributed by atoms with E-state index in [1.807, 2.05) is 54.6 Å². The Morgan fingerprint density at radius 3 is 2.57 bits per heavy atom. The quantitative estimate of drug-likeness (QED) is 0.407. The van der Waals surface area contributed by atoms with Crippen LogP contribution in [0, 0.1) is 0 Å². The maximum Gasteiger partial charge on any atom is 0.290 e. The highest BCUT2D eigenvalue weighted by atomic mass is 16.5. The topological polar surface area (TPSA) is 93.1 Å². The lowest BCUT2D eigenvalue weighted by molar-refractivity contribution is -0.127. The number of aromatic amines is 1. The van der Waals surface area contributed by atoms with Crippen molar-refractivity contribution < 1.29 is 9.53 Å². The minimum atomic E-state index is -0.340. The number of nitrogens with zero attached hydrogens (tertiary/aromatic N) is 4. The van der Waals surface area contributed by atoms with Crippen LogP contribution in [0.4, 0.5) is 0 Å². The molecule has 1 saturated heterocycles. The van der Waals surface area contributed by atoms with Gasteiger partial charge in [0.1, 0.15) is 22.7 Å². The van der Waals surface area contributed by atoms with Gasteiger partial charge < -0.3 is 9.64 Å². The summed E-state index contributed by atoms with van der Waals surface area (Å²) in [6.07, 6.45) is 4.66. The maximum atomic E-state index is 12.9. The minimum absolute atomic E-state index is 0.0714. The number of carbonyl (C=O) groups excluding carboxylic acids is 1. The van der Waals surface area contributed by atoms with Crippen molar-refractivity contribution in [2.75, 3.05) is 6.54 Å². The number of carbonyl (C=O) groups is 1. The van der Waals surface area contributed by atoms with Gasteiger partial charge in [-0.05, 0) is 61.4 Å². The fourth-order valence-corrected chi connectivity index (χ4v) is 4.58. The summed E-state index contributed by atoms with van der Waals surface area (Å²) in [5.74, 6) is 1.32. The Morgan fingerprint density at radius 1 is 1.11 bits per heavy atom. The lowest BCUT2D eigenvalue weighted by Crippen LogP contribution is -2.37. The molecule has 1 amide bonds. The first kappa shape index (κ1) is 22.3. The van der Waals surface area contributed by atoms with E-state index in [0.29, 0.717) is 41.1 Å². The van der Waals surface area contributed by atoms with Gasteiger partial charge in [-0.3, -0.25) is 14.3 Å². The molecule has 1 N–H and O–H groups in total. The Morgan fingerprint density at radius 2 is 1.86 bits per heavy atom. The summed E-state index contributed by atoms with van der Waals surface area (Å²) in [6, 6.07) is 17.0. The highest BCUT2D eigenvalue weighted by Gasteiger charge is 2.29. The highest BCUT2D eigenvalue weighted by molar-refractivity contribution is 5.97. The van der Waals surface area contributed by atoms with Crippen LogP contribution in [0.1, 0.15) is 18.5 Å². The number of para-hydroxylation sites is 1. The molecular formula is C27H25N5O3. The smallest absolute Gasteiger partial charge is 0.290 e. The summed E-state index contributed by atoms with van der Waals surface area (Å²) in [5.41, 5.74) is 2.05. The Hall–Kier alpha value is -4.46. The number of aromatic nitrogens is 4. The zero-order valence-corrected chi connectivity index (χ0v) is 19.2. The summed E-state index contributed by atoms with van der Waals surface area (Å²) in [5, 5.41) is 12.2. The molecule has 35 heavy (non-hydrogen) atoms. The van der Waals surface area contributed by atoms with Crippen molar-refractivity contribution in [1.82, 2.24) is 24.9 Å². The number of amides is 1. The average molecular weight is 468 g/mol. The van der Waals surface area contributed by atoms with Crippen LogP contribution >= 0.6 is 0 Å². The SMILES string of the molecule is C=CC(=O)N1CCC[C@H]1Cn1nc(-c2ccc(Oc3ccccc3)cc2)c2c(C=C)n[nH]c(=O)c21. The second kappa shape index (κ2) is 9.42. The normalized spacial score (nSPS) is 15.3. The fourth-order valence-electron chi connectivity index (χ4n) is 4.58. The predicted molar refractivity (Wildman–Crippen MR) is 135 cm³/mol. The monoisotopic (exact) mass is 467 g/mol. The number of hydrogen-bond acceptors (Lipinski definition) is 5. The van der Waals surface area contributed by atoms with Crippen LogP contribution in [-0.4, -0.2) is 43.4 Å². The van der Waals surface area contributed by atoms with Crippen LogP contribution in [-0.2, 0) is 11.3 Å². The van der Waals surface area contributed by atoms with Gasteiger partial charge in [-0.1, -0.05) is 31.4 Å². The molecule has 2 aromatic heterocycles. The van der Waals surface area contributed by atoms with Gasteiger partial charge in [0.05, 0.1) is 23.7 Å². The molecule has 4 aromatic rings. The molecule has 1 aliphatic rings. The third kappa shape index (κ3) is 4.26. The Bertz CT molecular complexity index is 1450. The Labute approximate surface area is 202 Å². The van der Waals surface area contributed by atoms with Crippen molar-refractivity contribution in [1.29, 1.82) is 0 Å². The fraction of sp³-hybridized carbons (Fsp3) is 0.185. The van der Waals surface area contributed by atoms with E-state index in [2.05, 4.69) is 23.4 Å². The lowest BCUT2D eigenvalue weighted by atomic mass is 10.1. The second-order valence-corrected chi connectivity index (χ2v) is 8.37. The van der Waals surface area contributed by atoms with Crippen LogP contribution in [0.3, 0.4) is 0 Å². The molecule has 1 fully saturated rings. The van der Waals surface area contributed by atoms with Gasteiger partial charge in [-0.2, -0.15) is 10.2 Å². The van der Waals surface area contributed by atoms with Gasteiger partial charge >= 0.3 is 0 Å². The number of nitrogens with one attached hydrogen (secondary N) is 1. The summed E-state index contributed by atoms with van der Waals surface area (Å²) < 4.78 is 7.59. The number of rotatable bonds is 7. The first-order valence-electron chi connectivity index (χ1n) is 11.5. The number of likely N-dealkylation sites (tertiary alicyclic amines) is 1. The molecule has 0 radical (unpaired) electrons. The second-order valence-electron chi connectivity index (χ2n) is 8.37. The molecule has 0 unspecified atom stereocenters. The number of fused-ring (bicyclic) bond motifs is 1. The van der Waals surface area contributed by atoms with Gasteiger partial charge in [0.2, 0.25) is 5.91 Å². The number of benzene rings is 2. The average Bonchev–Trinajstić information content (AvgIpc) is 3.51. The molecule has 2 aromatic carbocycles. The molecule has 5 rings (SSSR count). The molecule has 0 bridgehead atoms. The standard InChI is InChI=1S/C27H25N5O3/c1-3-22-24-25(18-12-14-21(15-13-18)35-20-10-6-5-7-11-20)30-32(26(24)27(34)29-28-22)17-19-9-8-16-31(19)23(33)4-2/h3-7,10-15,19H,1-2,8-9,16-17H2,(H,29,34)/t19-/m0/s1. The Balaban J connectivity index is 1.55. The van der Waals surface area contributed by atoms with E-state index in [1.165, 1.54) is 6.08 Å². The zero-order chi connectivity index (χ0) is 24.4. The maximum absolute atomic E-state index is 12.9. The van der Waals surface area contributed by atoms with Crippen molar-refractivity contribution >= 4 is 22.9 Å². The molecule has 8 heteroatoms. The van der Waals surface area contributed by atoms with E-state index in [4.69, 9.17) is 9.84 Å². The van der Waals surface area contributed by atoms with Crippen molar-refractivity contribution in [3.05, 3.63) is 89.9 Å². The van der Waals surface area contributed by atoms with Crippen LogP contribution in [0.15, 0.2) is 78.6 Å². The molecule has 3 heterocycles. The molecule has 0 spiro atoms. The molecule has 0 aliphatic carbocycles. The summed E-state index contributed by atoms with van der Waals surface area (Å²) in [4.78, 5) is 27.0. The van der Waals surface area contributed by atoms with Crippen LogP contribution in [0.2, 0.25) is 0 Å². The van der Waals surface area contributed by atoms with E-state index >= 15 is 0 Å². The molecule has 8 nitrogen and oxygen atoms in total. The van der Waals surface area contributed by atoms with Gasteiger partial charge in [0.25, 0.3) is 5.56 Å². The molecular weight excluding hydrogens is 442 g/mol. The summed E-state index contributed by atoms with van der Waals surface area (Å²) in [7, 11) is 0. The van der Waals surface area contributed by atoms with Gasteiger partial charge in [-0.15, -0.1) is 0 Å². The third-order valence-electron chi connectivity index (χ3n) is 6.22. The third-order valence-corrected chi connectivity index (χ3v) is 6.22. The van der Waals surface area contributed by atoms with Crippen molar-refractivity contribution in [3.8, 4) is 22.8 Å². The summed E-state index contributed by atoms with van der Waals surface area (Å²) >= 11 is 0. The molecule has 1 atom stereocenters. The van der Waals surface area contributed by atoms with E-state index in [-0.39, 0.29) is 17.5 Å². The predicted octanol–water partition coefficient (Wildman–Crippen LogP) is 4.40. The van der Waals surface area contributed by atoms with Gasteiger partial charge in [0, 0.05) is 12.1 Å². The van der Waals surface area contributed by atoms with Crippen molar-refractivity contribution in [2.45, 2.75) is 25.4 Å². The van der Waals surface area contributed by atoms with Crippen molar-refractivity contribution in [3.63, 3.8) is 0 Å². The van der Waals surface area contributed by atoms with E-state index in [9.17, 15) is 9.59 Å². The van der Waals surface area contributed by atoms with Crippen molar-refractivity contribution in [2.24, 2.45) is 0 Å². The lowest BCUT2D eigenvalue weighted by Gasteiger charge is -2.23. The first-order chi connectivity index (χ1) is 17.1. The van der Waals surface area contributed by atoms with Gasteiger partial charge in [-0.25, -0.2) is 5.10 Å². The van der Waals surface area contributed by atoms with Gasteiger partial charge in [0.15, 0.2) is 0 Å². The van der Waals surface area contributed by atoms with Crippen LogP contribution in [0.5, 0.6) is 11.5 Å². The van der Waals surface area contributed by atoms with E-state index in [0.717, 1.165) is 24.2 Å².